The molecule has 3 rings (SSSR count). The quantitative estimate of drug-likeness (QED) is 0.293. The molecule has 7 nitrogen and oxygen atoms in total. The van der Waals surface area contributed by atoms with E-state index in [1.54, 1.807) is 6.92 Å². The van der Waals surface area contributed by atoms with E-state index in [0.29, 0.717) is 27.3 Å². The Balaban J connectivity index is 2.08. The molecular weight excluding hydrogens is 557 g/mol. The van der Waals surface area contributed by atoms with Gasteiger partial charge in [0.15, 0.2) is 11.5 Å². The number of amides is 4. The zero-order chi connectivity index (χ0) is 25.9. The van der Waals surface area contributed by atoms with E-state index in [2.05, 4.69) is 21.9 Å². The van der Waals surface area contributed by atoms with E-state index >= 15 is 0 Å². The molecule has 0 aliphatic carbocycles. The van der Waals surface area contributed by atoms with Crippen molar-refractivity contribution in [3.05, 3.63) is 56.5 Å². The fourth-order valence-electron chi connectivity index (χ4n) is 3.09. The van der Waals surface area contributed by atoms with Crippen LogP contribution in [0.4, 0.5) is 23.7 Å². The highest BCUT2D eigenvalue weighted by Gasteiger charge is 2.39. The standard InChI is InChI=1S/C23H15BrClF3N2O5/c1-3-7-35-19-15(24)9-12(10-18(19)34-4-2)8-14-20(31)29-22(33)30(21(14)32)17-11-13(23(26,27)28)5-6-16(17)25/h1,5-6,8-11H,4,7H2,2H3,(H,29,31,33)/b14-8-. The van der Waals surface area contributed by atoms with E-state index < -0.39 is 40.8 Å². The van der Waals surface area contributed by atoms with Crippen molar-refractivity contribution < 1.29 is 37.0 Å². The number of carbonyl (C=O) groups is 3. The second-order valence-electron chi connectivity index (χ2n) is 6.88. The normalized spacial score (nSPS) is 15.2. The van der Waals surface area contributed by atoms with Crippen LogP contribution in [0.25, 0.3) is 6.08 Å². The number of nitrogens with one attached hydrogen (secondary N) is 1. The third-order valence-electron chi connectivity index (χ3n) is 4.56. The topological polar surface area (TPSA) is 84.9 Å². The smallest absolute Gasteiger partial charge is 0.416 e. The van der Waals surface area contributed by atoms with Crippen LogP contribution in [-0.4, -0.2) is 31.1 Å². The lowest BCUT2D eigenvalue weighted by Gasteiger charge is -2.27. The van der Waals surface area contributed by atoms with Crippen LogP contribution in [0.3, 0.4) is 0 Å². The van der Waals surface area contributed by atoms with Crippen LogP contribution >= 0.6 is 27.5 Å². The minimum Gasteiger partial charge on any atom is -0.490 e. The van der Waals surface area contributed by atoms with Crippen LogP contribution in [0.5, 0.6) is 11.5 Å². The number of halogens is 5. The van der Waals surface area contributed by atoms with Crippen LogP contribution in [0.2, 0.25) is 5.02 Å². The summed E-state index contributed by atoms with van der Waals surface area (Å²) in [6, 6.07) is 3.88. The average molecular weight is 572 g/mol. The number of rotatable bonds is 6. The van der Waals surface area contributed by atoms with Gasteiger partial charge in [-0.3, -0.25) is 14.9 Å². The Hall–Kier alpha value is -3.49. The summed E-state index contributed by atoms with van der Waals surface area (Å²) < 4.78 is 51.0. The average Bonchev–Trinajstić information content (AvgIpc) is 2.76. The summed E-state index contributed by atoms with van der Waals surface area (Å²) in [5.41, 5.74) is -1.90. The number of terminal acetylenes is 1. The van der Waals surface area contributed by atoms with E-state index in [1.165, 1.54) is 12.1 Å². The number of imide groups is 2. The third-order valence-corrected chi connectivity index (χ3v) is 5.47. The SMILES string of the molecule is C#CCOc1c(Br)cc(/C=C2/C(=O)NC(=O)N(c3cc(C(F)(F)F)ccc3Cl)C2=O)cc1OCC. The number of alkyl halides is 3. The van der Waals surface area contributed by atoms with Crippen LogP contribution in [0, 0.1) is 12.3 Å². The minimum atomic E-state index is -4.76. The first-order valence-corrected chi connectivity index (χ1v) is 11.0. The van der Waals surface area contributed by atoms with Crippen molar-refractivity contribution in [3.63, 3.8) is 0 Å². The first-order chi connectivity index (χ1) is 16.5. The highest BCUT2D eigenvalue weighted by molar-refractivity contribution is 9.10. The van der Waals surface area contributed by atoms with Crippen molar-refractivity contribution in [3.8, 4) is 23.8 Å². The van der Waals surface area contributed by atoms with Gasteiger partial charge in [0, 0.05) is 0 Å². The summed E-state index contributed by atoms with van der Waals surface area (Å²) in [7, 11) is 0. The molecule has 0 aromatic heterocycles. The zero-order valence-corrected chi connectivity index (χ0v) is 20.2. The minimum absolute atomic E-state index is 0.0468. The van der Waals surface area contributed by atoms with Crippen molar-refractivity contribution in [2.75, 3.05) is 18.1 Å². The van der Waals surface area contributed by atoms with E-state index in [-0.39, 0.29) is 29.5 Å². The van der Waals surface area contributed by atoms with Gasteiger partial charge in [0.2, 0.25) is 0 Å². The Morgan fingerprint density at radius 1 is 1.20 bits per heavy atom. The van der Waals surface area contributed by atoms with Crippen LogP contribution in [-0.2, 0) is 15.8 Å². The highest BCUT2D eigenvalue weighted by atomic mass is 79.9. The molecule has 0 saturated carbocycles. The van der Waals surface area contributed by atoms with Gasteiger partial charge in [-0.15, -0.1) is 6.42 Å². The number of barbiturate groups is 1. The van der Waals surface area contributed by atoms with Crippen molar-refractivity contribution in [2.45, 2.75) is 13.1 Å². The van der Waals surface area contributed by atoms with E-state index in [0.717, 1.165) is 12.1 Å². The predicted octanol–water partition coefficient (Wildman–Crippen LogP) is 5.20. The maximum atomic E-state index is 13.2. The Bertz CT molecular complexity index is 1290. The second-order valence-corrected chi connectivity index (χ2v) is 8.14. The van der Waals surface area contributed by atoms with Crippen molar-refractivity contribution >= 4 is 57.1 Å². The van der Waals surface area contributed by atoms with Crippen molar-refractivity contribution in [1.29, 1.82) is 0 Å². The molecule has 0 bridgehead atoms. The van der Waals surface area contributed by atoms with Crippen molar-refractivity contribution in [2.24, 2.45) is 0 Å². The highest BCUT2D eigenvalue weighted by Crippen LogP contribution is 2.39. The molecule has 0 spiro atoms. The molecule has 1 saturated heterocycles. The number of ether oxygens (including phenoxy) is 2. The van der Waals surface area contributed by atoms with Gasteiger partial charge in [-0.1, -0.05) is 17.5 Å². The number of carbonyl (C=O) groups excluding carboxylic acids is 3. The van der Waals surface area contributed by atoms with Crippen LogP contribution in [0.1, 0.15) is 18.1 Å². The van der Waals surface area contributed by atoms with E-state index in [4.69, 9.17) is 27.5 Å². The molecular formula is C23H15BrClF3N2O5. The van der Waals surface area contributed by atoms with Gasteiger partial charge in [-0.2, -0.15) is 13.2 Å². The molecule has 1 aliphatic rings. The Labute approximate surface area is 210 Å². The molecule has 0 radical (unpaired) electrons. The van der Waals surface area contributed by atoms with Gasteiger partial charge >= 0.3 is 12.2 Å². The number of anilines is 1. The maximum Gasteiger partial charge on any atom is 0.416 e. The second kappa shape index (κ2) is 10.4. The molecule has 2 aromatic carbocycles. The first-order valence-electron chi connectivity index (χ1n) is 9.78. The Morgan fingerprint density at radius 3 is 2.54 bits per heavy atom. The molecule has 2 aromatic rings. The Morgan fingerprint density at radius 2 is 1.91 bits per heavy atom. The summed E-state index contributed by atoms with van der Waals surface area (Å²) in [6.07, 6.45) is 1.62. The number of hydrogen-bond donors (Lipinski definition) is 1. The van der Waals surface area contributed by atoms with Gasteiger partial charge in [-0.25, -0.2) is 9.69 Å². The molecule has 1 aliphatic heterocycles. The van der Waals surface area contributed by atoms with E-state index in [1.807, 2.05) is 5.32 Å². The number of nitrogens with zero attached hydrogens (tertiary/aromatic N) is 1. The van der Waals surface area contributed by atoms with Crippen LogP contribution < -0.4 is 19.7 Å². The van der Waals surface area contributed by atoms with Gasteiger partial charge < -0.3 is 9.47 Å². The molecule has 1 N–H and O–H groups in total. The molecule has 1 heterocycles. The van der Waals surface area contributed by atoms with Gasteiger partial charge in [0.25, 0.3) is 11.8 Å². The summed E-state index contributed by atoms with van der Waals surface area (Å²) in [4.78, 5) is 38.4. The Kier molecular flexibility index (Phi) is 7.77. The maximum absolute atomic E-state index is 13.2. The molecule has 12 heteroatoms. The lowest BCUT2D eigenvalue weighted by Crippen LogP contribution is -2.54. The van der Waals surface area contributed by atoms with Gasteiger partial charge in [0.05, 0.1) is 27.4 Å². The summed E-state index contributed by atoms with van der Waals surface area (Å²) in [5, 5.41) is 1.64. The number of hydrogen-bond acceptors (Lipinski definition) is 5. The third kappa shape index (κ3) is 5.61. The van der Waals surface area contributed by atoms with Gasteiger partial charge in [-0.05, 0) is 64.8 Å². The van der Waals surface area contributed by atoms with E-state index in [9.17, 15) is 27.6 Å². The van der Waals surface area contributed by atoms with Gasteiger partial charge in [0.1, 0.15) is 12.2 Å². The summed E-state index contributed by atoms with van der Waals surface area (Å²) in [5.74, 6) is 0.657. The monoisotopic (exact) mass is 570 g/mol. The number of urea groups is 1. The lowest BCUT2D eigenvalue weighted by atomic mass is 10.1. The fraction of sp³-hybridized carbons (Fsp3) is 0.174. The van der Waals surface area contributed by atoms with Crippen LogP contribution in [0.15, 0.2) is 40.4 Å². The number of benzene rings is 2. The zero-order valence-electron chi connectivity index (χ0n) is 17.8. The van der Waals surface area contributed by atoms with Crippen molar-refractivity contribution in [1.82, 2.24) is 5.32 Å². The summed E-state index contributed by atoms with van der Waals surface area (Å²) in [6.45, 7) is 1.94. The lowest BCUT2D eigenvalue weighted by molar-refractivity contribution is -0.137. The molecule has 1 fully saturated rings. The first kappa shape index (κ1) is 26.1. The molecule has 0 unspecified atom stereocenters. The molecule has 35 heavy (non-hydrogen) atoms. The predicted molar refractivity (Wildman–Crippen MR) is 125 cm³/mol. The summed E-state index contributed by atoms with van der Waals surface area (Å²) >= 11 is 9.30. The molecule has 0 atom stereocenters. The molecule has 4 amide bonds. The largest absolute Gasteiger partial charge is 0.490 e. The fourth-order valence-corrected chi connectivity index (χ4v) is 3.87. The molecule has 182 valence electrons.